The van der Waals surface area contributed by atoms with Crippen LogP contribution in [0.15, 0.2) is 24.3 Å². The van der Waals surface area contributed by atoms with Crippen molar-refractivity contribution in [1.82, 2.24) is 10.2 Å². The first-order valence-corrected chi connectivity index (χ1v) is 7.33. The van der Waals surface area contributed by atoms with Crippen LogP contribution in [-0.4, -0.2) is 50.3 Å². The minimum atomic E-state index is 0.544. The number of nitrogens with zero attached hydrogens (tertiary/aromatic N) is 1. The van der Waals surface area contributed by atoms with Crippen LogP contribution in [0.1, 0.15) is 18.1 Å². The molecule has 0 aliphatic carbocycles. The Morgan fingerprint density at radius 2 is 2.00 bits per heavy atom. The van der Waals surface area contributed by atoms with E-state index in [1.807, 2.05) is 0 Å². The minimum Gasteiger partial charge on any atom is -0.379 e. The molecule has 19 heavy (non-hydrogen) atoms. The molecule has 1 saturated heterocycles. The Hall–Kier alpha value is -0.900. The Kier molecular flexibility index (Phi) is 5.83. The zero-order valence-corrected chi connectivity index (χ0v) is 12.2. The van der Waals surface area contributed by atoms with Crippen molar-refractivity contribution < 1.29 is 4.74 Å². The predicted molar refractivity (Wildman–Crippen MR) is 79.6 cm³/mol. The van der Waals surface area contributed by atoms with Crippen molar-refractivity contribution in [2.75, 3.05) is 39.4 Å². The molecule has 2 rings (SSSR count). The van der Waals surface area contributed by atoms with Gasteiger partial charge >= 0.3 is 0 Å². The molecule has 1 aromatic carbocycles. The van der Waals surface area contributed by atoms with E-state index in [-0.39, 0.29) is 0 Å². The van der Waals surface area contributed by atoms with Gasteiger partial charge in [-0.15, -0.1) is 0 Å². The van der Waals surface area contributed by atoms with Crippen LogP contribution in [0, 0.1) is 6.92 Å². The average molecular weight is 262 g/mol. The normalized spacial score (nSPS) is 18.4. The molecule has 106 valence electrons. The molecule has 1 N–H and O–H groups in total. The number of rotatable bonds is 6. The monoisotopic (exact) mass is 262 g/mol. The van der Waals surface area contributed by atoms with Crippen LogP contribution < -0.4 is 5.32 Å². The van der Waals surface area contributed by atoms with Crippen LogP contribution in [0.3, 0.4) is 0 Å². The molecular formula is C16H26N2O. The van der Waals surface area contributed by atoms with Crippen molar-refractivity contribution in [2.45, 2.75) is 26.3 Å². The van der Waals surface area contributed by atoms with Crippen molar-refractivity contribution in [1.29, 1.82) is 0 Å². The molecule has 0 aromatic heterocycles. The van der Waals surface area contributed by atoms with Gasteiger partial charge in [0.2, 0.25) is 0 Å². The van der Waals surface area contributed by atoms with Gasteiger partial charge in [0, 0.05) is 25.7 Å². The van der Waals surface area contributed by atoms with Crippen LogP contribution in [0.5, 0.6) is 0 Å². The molecule has 3 heteroatoms. The number of nitrogens with one attached hydrogen (secondary N) is 1. The lowest BCUT2D eigenvalue weighted by Crippen LogP contribution is -2.44. The van der Waals surface area contributed by atoms with E-state index in [2.05, 4.69) is 48.3 Å². The molecule has 1 unspecified atom stereocenters. The lowest BCUT2D eigenvalue weighted by Gasteiger charge is -2.29. The van der Waals surface area contributed by atoms with E-state index in [1.54, 1.807) is 0 Å². The molecule has 1 heterocycles. The van der Waals surface area contributed by atoms with E-state index in [1.165, 1.54) is 11.1 Å². The van der Waals surface area contributed by atoms with Crippen molar-refractivity contribution in [3.63, 3.8) is 0 Å². The quantitative estimate of drug-likeness (QED) is 0.847. The highest BCUT2D eigenvalue weighted by molar-refractivity contribution is 5.25. The second-order valence-corrected chi connectivity index (χ2v) is 5.44. The summed E-state index contributed by atoms with van der Waals surface area (Å²) in [6.45, 7) is 10.5. The SMILES string of the molecule is Cc1ccccc1CCNC(C)CN1CCOCC1. The topological polar surface area (TPSA) is 24.5 Å². The summed E-state index contributed by atoms with van der Waals surface area (Å²) >= 11 is 0. The molecule has 1 aliphatic heterocycles. The Morgan fingerprint density at radius 3 is 2.74 bits per heavy atom. The molecule has 3 nitrogen and oxygen atoms in total. The van der Waals surface area contributed by atoms with E-state index >= 15 is 0 Å². The summed E-state index contributed by atoms with van der Waals surface area (Å²) in [5.74, 6) is 0. The minimum absolute atomic E-state index is 0.544. The van der Waals surface area contributed by atoms with Crippen LogP contribution >= 0.6 is 0 Å². The molecule has 0 amide bonds. The van der Waals surface area contributed by atoms with E-state index in [0.717, 1.165) is 45.8 Å². The highest BCUT2D eigenvalue weighted by Crippen LogP contribution is 2.07. The Morgan fingerprint density at radius 1 is 1.26 bits per heavy atom. The summed E-state index contributed by atoms with van der Waals surface area (Å²) < 4.78 is 5.37. The Balaban J connectivity index is 1.66. The van der Waals surface area contributed by atoms with E-state index in [0.29, 0.717) is 6.04 Å². The van der Waals surface area contributed by atoms with E-state index in [9.17, 15) is 0 Å². The number of hydrogen-bond donors (Lipinski definition) is 1. The summed E-state index contributed by atoms with van der Waals surface area (Å²) in [4.78, 5) is 2.48. The number of morpholine rings is 1. The summed E-state index contributed by atoms with van der Waals surface area (Å²) in [5.41, 5.74) is 2.85. The van der Waals surface area contributed by atoms with Crippen molar-refractivity contribution in [2.24, 2.45) is 0 Å². The van der Waals surface area contributed by atoms with Crippen LogP contribution in [0.2, 0.25) is 0 Å². The van der Waals surface area contributed by atoms with Gasteiger partial charge in [-0.1, -0.05) is 24.3 Å². The van der Waals surface area contributed by atoms with E-state index in [4.69, 9.17) is 4.74 Å². The van der Waals surface area contributed by atoms with Crippen LogP contribution in [0.4, 0.5) is 0 Å². The molecule has 1 atom stereocenters. The fourth-order valence-electron chi connectivity index (χ4n) is 2.58. The van der Waals surface area contributed by atoms with Gasteiger partial charge in [-0.25, -0.2) is 0 Å². The Bertz CT molecular complexity index is 375. The maximum atomic E-state index is 5.37. The standard InChI is InChI=1S/C16H26N2O/c1-14-5-3-4-6-16(14)7-8-17-15(2)13-18-9-11-19-12-10-18/h3-6,15,17H,7-13H2,1-2H3. The third kappa shape index (κ3) is 4.94. The third-order valence-electron chi connectivity index (χ3n) is 3.78. The molecule has 1 fully saturated rings. The first-order valence-electron chi connectivity index (χ1n) is 7.33. The smallest absolute Gasteiger partial charge is 0.0594 e. The van der Waals surface area contributed by atoms with Gasteiger partial charge in [-0.3, -0.25) is 4.90 Å². The van der Waals surface area contributed by atoms with Gasteiger partial charge < -0.3 is 10.1 Å². The number of aryl methyl sites for hydroxylation is 1. The fraction of sp³-hybridized carbons (Fsp3) is 0.625. The highest BCUT2D eigenvalue weighted by Gasteiger charge is 2.13. The summed E-state index contributed by atoms with van der Waals surface area (Å²) in [6.07, 6.45) is 1.11. The van der Waals surface area contributed by atoms with Crippen molar-refractivity contribution in [3.8, 4) is 0 Å². The second kappa shape index (κ2) is 7.63. The largest absolute Gasteiger partial charge is 0.379 e. The lowest BCUT2D eigenvalue weighted by molar-refractivity contribution is 0.0344. The fourth-order valence-corrected chi connectivity index (χ4v) is 2.58. The van der Waals surface area contributed by atoms with Crippen LogP contribution in [-0.2, 0) is 11.2 Å². The van der Waals surface area contributed by atoms with E-state index < -0.39 is 0 Å². The van der Waals surface area contributed by atoms with Gasteiger partial charge in [0.25, 0.3) is 0 Å². The number of benzene rings is 1. The Labute approximate surface area is 116 Å². The molecule has 0 spiro atoms. The molecule has 0 saturated carbocycles. The average Bonchev–Trinajstić information content (AvgIpc) is 2.42. The molecule has 0 bridgehead atoms. The van der Waals surface area contributed by atoms with Crippen molar-refractivity contribution >= 4 is 0 Å². The molecular weight excluding hydrogens is 236 g/mol. The summed E-state index contributed by atoms with van der Waals surface area (Å²) in [6, 6.07) is 9.19. The van der Waals surface area contributed by atoms with Gasteiger partial charge in [0.1, 0.15) is 0 Å². The van der Waals surface area contributed by atoms with Crippen LogP contribution in [0.25, 0.3) is 0 Å². The van der Waals surface area contributed by atoms with Gasteiger partial charge in [-0.2, -0.15) is 0 Å². The highest BCUT2D eigenvalue weighted by atomic mass is 16.5. The molecule has 1 aromatic rings. The predicted octanol–water partition coefficient (Wildman–Crippen LogP) is 1.85. The van der Waals surface area contributed by atoms with Crippen molar-refractivity contribution in [3.05, 3.63) is 35.4 Å². The zero-order chi connectivity index (χ0) is 13.5. The van der Waals surface area contributed by atoms with Gasteiger partial charge in [0.05, 0.1) is 13.2 Å². The third-order valence-corrected chi connectivity index (χ3v) is 3.78. The maximum Gasteiger partial charge on any atom is 0.0594 e. The second-order valence-electron chi connectivity index (χ2n) is 5.44. The summed E-state index contributed by atoms with van der Waals surface area (Å²) in [5, 5.41) is 3.62. The first kappa shape index (κ1) is 14.5. The summed E-state index contributed by atoms with van der Waals surface area (Å²) in [7, 11) is 0. The zero-order valence-electron chi connectivity index (χ0n) is 12.2. The maximum absolute atomic E-state index is 5.37. The molecule has 0 radical (unpaired) electrons. The lowest BCUT2D eigenvalue weighted by atomic mass is 10.1. The first-order chi connectivity index (χ1) is 9.25. The molecule has 1 aliphatic rings. The van der Waals surface area contributed by atoms with Gasteiger partial charge in [-0.05, 0) is 37.9 Å². The number of hydrogen-bond acceptors (Lipinski definition) is 3. The van der Waals surface area contributed by atoms with Gasteiger partial charge in [0.15, 0.2) is 0 Å². The number of ether oxygens (including phenoxy) is 1.